The van der Waals surface area contributed by atoms with Gasteiger partial charge in [-0.05, 0) is 42.6 Å². The number of methoxy groups -OCH3 is 1. The molecule has 2 heterocycles. The Kier molecular flexibility index (Phi) is 6.57. The minimum absolute atomic E-state index is 0. The number of likely N-dealkylation sites (tertiary alicyclic amines) is 1. The molecule has 1 amide bonds. The Hall–Kier alpha value is -1.21. The van der Waals surface area contributed by atoms with Gasteiger partial charge in [-0.1, -0.05) is 11.6 Å². The van der Waals surface area contributed by atoms with Crippen LogP contribution in [0.15, 0.2) is 12.1 Å². The Balaban J connectivity index is 0.00000208. The van der Waals surface area contributed by atoms with Crippen LogP contribution in [0.3, 0.4) is 0 Å². The van der Waals surface area contributed by atoms with Gasteiger partial charge in [-0.25, -0.2) is 0 Å². The van der Waals surface area contributed by atoms with Crippen molar-refractivity contribution >= 4 is 29.9 Å². The minimum Gasteiger partial charge on any atom is -0.493 e. The highest BCUT2D eigenvalue weighted by Gasteiger charge is 2.35. The lowest BCUT2D eigenvalue weighted by Crippen LogP contribution is -2.25. The van der Waals surface area contributed by atoms with Gasteiger partial charge in [0.25, 0.3) is 5.91 Å². The number of fused-ring (bicyclic) bond motifs is 1. The van der Waals surface area contributed by atoms with E-state index in [0.717, 1.165) is 50.1 Å². The van der Waals surface area contributed by atoms with Gasteiger partial charge in [0.15, 0.2) is 18.1 Å². The van der Waals surface area contributed by atoms with E-state index < -0.39 is 5.91 Å². The number of halogens is 2. The second-order valence-corrected chi connectivity index (χ2v) is 6.64. The Morgan fingerprint density at radius 3 is 2.62 bits per heavy atom. The van der Waals surface area contributed by atoms with Crippen LogP contribution in [0.1, 0.15) is 5.56 Å². The van der Waals surface area contributed by atoms with Gasteiger partial charge >= 0.3 is 0 Å². The smallest absolute Gasteiger partial charge is 0.255 e. The van der Waals surface area contributed by atoms with Gasteiger partial charge in [-0.2, -0.15) is 0 Å². The first-order chi connectivity index (χ1) is 11.1. The van der Waals surface area contributed by atoms with Gasteiger partial charge in [-0.15, -0.1) is 12.4 Å². The molecule has 0 saturated carbocycles. The van der Waals surface area contributed by atoms with Crippen molar-refractivity contribution in [1.82, 2.24) is 10.2 Å². The lowest BCUT2D eigenvalue weighted by Gasteiger charge is -2.19. The monoisotopic (exact) mass is 375 g/mol. The molecule has 3 N–H and O–H groups in total. The number of rotatable bonds is 6. The second kappa shape index (κ2) is 8.25. The standard InChI is InChI=1S/C16H22ClN3O3.ClH/c1-22-14-3-10(2-13(17)16(14)23-9-15(18)21)6-20-7-11-4-19-5-12(11)8-20;/h2-3,11-12,19H,4-9H2,1H3,(H2,18,21);1H/t11-,12+;. The van der Waals surface area contributed by atoms with E-state index in [1.54, 1.807) is 7.11 Å². The van der Waals surface area contributed by atoms with Crippen molar-refractivity contribution in [3.05, 3.63) is 22.7 Å². The van der Waals surface area contributed by atoms with Crippen LogP contribution in [0, 0.1) is 11.8 Å². The van der Waals surface area contributed by atoms with Gasteiger partial charge in [0.2, 0.25) is 0 Å². The van der Waals surface area contributed by atoms with Crippen molar-refractivity contribution in [3.8, 4) is 11.5 Å². The van der Waals surface area contributed by atoms with Crippen LogP contribution >= 0.6 is 24.0 Å². The van der Waals surface area contributed by atoms with Crippen LogP contribution in [0.5, 0.6) is 11.5 Å². The maximum Gasteiger partial charge on any atom is 0.255 e. The molecule has 2 aliphatic heterocycles. The third-order valence-electron chi connectivity index (χ3n) is 4.52. The molecule has 2 atom stereocenters. The fourth-order valence-electron chi connectivity index (χ4n) is 3.49. The van der Waals surface area contributed by atoms with Crippen molar-refractivity contribution in [3.63, 3.8) is 0 Å². The summed E-state index contributed by atoms with van der Waals surface area (Å²) < 4.78 is 10.7. The topological polar surface area (TPSA) is 76.8 Å². The molecule has 1 aromatic rings. The summed E-state index contributed by atoms with van der Waals surface area (Å²) in [6.45, 7) is 5.06. The highest BCUT2D eigenvalue weighted by molar-refractivity contribution is 6.32. The average molecular weight is 376 g/mol. The third-order valence-corrected chi connectivity index (χ3v) is 4.80. The first kappa shape index (κ1) is 19.1. The molecule has 0 aliphatic carbocycles. The average Bonchev–Trinajstić information content (AvgIpc) is 3.06. The van der Waals surface area contributed by atoms with E-state index in [1.165, 1.54) is 0 Å². The number of primary amides is 1. The maximum absolute atomic E-state index is 10.9. The van der Waals surface area contributed by atoms with Crippen LogP contribution in [-0.4, -0.2) is 50.7 Å². The number of ether oxygens (including phenoxy) is 2. The quantitative estimate of drug-likeness (QED) is 0.783. The lowest BCUT2D eigenvalue weighted by molar-refractivity contribution is -0.119. The van der Waals surface area contributed by atoms with Crippen LogP contribution in [-0.2, 0) is 11.3 Å². The van der Waals surface area contributed by atoms with Gasteiger partial charge in [0.1, 0.15) is 0 Å². The summed E-state index contributed by atoms with van der Waals surface area (Å²) in [6, 6.07) is 3.78. The Morgan fingerprint density at radius 1 is 1.38 bits per heavy atom. The Labute approximate surface area is 153 Å². The summed E-state index contributed by atoms with van der Waals surface area (Å²) in [7, 11) is 1.55. The molecule has 2 saturated heterocycles. The van der Waals surface area contributed by atoms with Crippen LogP contribution in [0.25, 0.3) is 0 Å². The molecular weight excluding hydrogens is 353 g/mol. The molecule has 0 unspecified atom stereocenters. The number of nitrogens with one attached hydrogen (secondary N) is 1. The second-order valence-electron chi connectivity index (χ2n) is 6.24. The van der Waals surface area contributed by atoms with Crippen molar-refractivity contribution in [2.45, 2.75) is 6.54 Å². The van der Waals surface area contributed by atoms with Crippen LogP contribution < -0.4 is 20.5 Å². The van der Waals surface area contributed by atoms with Gasteiger partial charge < -0.3 is 20.5 Å². The highest BCUT2D eigenvalue weighted by atomic mass is 35.5. The number of hydrogen-bond acceptors (Lipinski definition) is 5. The molecular formula is C16H23Cl2N3O3. The van der Waals surface area contributed by atoms with E-state index in [2.05, 4.69) is 10.2 Å². The van der Waals surface area contributed by atoms with E-state index in [9.17, 15) is 4.79 Å². The predicted octanol–water partition coefficient (Wildman–Crippen LogP) is 1.29. The Morgan fingerprint density at radius 2 is 2.04 bits per heavy atom. The molecule has 6 nitrogen and oxygen atoms in total. The van der Waals surface area contributed by atoms with E-state index in [-0.39, 0.29) is 19.0 Å². The number of nitrogens with two attached hydrogens (primary N) is 1. The molecule has 8 heteroatoms. The third kappa shape index (κ3) is 4.25. The molecule has 2 aliphatic rings. The zero-order valence-electron chi connectivity index (χ0n) is 13.6. The molecule has 1 aromatic carbocycles. The highest BCUT2D eigenvalue weighted by Crippen LogP contribution is 2.37. The Bertz CT molecular complexity index is 588. The summed E-state index contributed by atoms with van der Waals surface area (Å²) in [5.74, 6) is 1.84. The molecule has 0 radical (unpaired) electrons. The summed E-state index contributed by atoms with van der Waals surface area (Å²) in [6.07, 6.45) is 0. The SMILES string of the molecule is COc1cc(CN2C[C@H]3CNC[C@H]3C2)cc(Cl)c1OCC(N)=O.Cl. The summed E-state index contributed by atoms with van der Waals surface area (Å²) in [4.78, 5) is 13.3. The lowest BCUT2D eigenvalue weighted by atomic mass is 10.0. The number of carbonyl (C=O) groups excluding carboxylic acids is 1. The van der Waals surface area contributed by atoms with Crippen molar-refractivity contribution in [2.75, 3.05) is 39.9 Å². The summed E-state index contributed by atoms with van der Waals surface area (Å²) in [5, 5.41) is 3.88. The predicted molar refractivity (Wildman–Crippen MR) is 95.1 cm³/mol. The maximum atomic E-state index is 10.9. The van der Waals surface area contributed by atoms with Crippen molar-refractivity contribution < 1.29 is 14.3 Å². The van der Waals surface area contributed by atoms with Gasteiger partial charge in [-0.3, -0.25) is 9.69 Å². The van der Waals surface area contributed by atoms with Gasteiger partial charge in [0.05, 0.1) is 12.1 Å². The van der Waals surface area contributed by atoms with Gasteiger partial charge in [0, 0.05) is 19.6 Å². The molecule has 2 fully saturated rings. The first-order valence-electron chi connectivity index (χ1n) is 7.77. The zero-order chi connectivity index (χ0) is 16.4. The summed E-state index contributed by atoms with van der Waals surface area (Å²) in [5.41, 5.74) is 6.18. The number of nitrogens with zero attached hydrogens (tertiary/aromatic N) is 1. The number of hydrogen-bond donors (Lipinski definition) is 2. The molecule has 134 valence electrons. The molecule has 24 heavy (non-hydrogen) atoms. The zero-order valence-corrected chi connectivity index (χ0v) is 15.2. The minimum atomic E-state index is -0.551. The van der Waals surface area contributed by atoms with E-state index in [4.69, 9.17) is 26.8 Å². The molecule has 0 bridgehead atoms. The number of amides is 1. The molecule has 0 aromatic heterocycles. The normalized spacial score (nSPS) is 22.8. The van der Waals surface area contributed by atoms with Crippen LogP contribution in [0.4, 0.5) is 0 Å². The largest absolute Gasteiger partial charge is 0.493 e. The first-order valence-corrected chi connectivity index (χ1v) is 8.15. The molecule has 0 spiro atoms. The fourth-order valence-corrected chi connectivity index (χ4v) is 3.78. The number of carbonyl (C=O) groups is 1. The van der Waals surface area contributed by atoms with E-state index in [1.807, 2.05) is 12.1 Å². The number of benzene rings is 1. The van der Waals surface area contributed by atoms with E-state index >= 15 is 0 Å². The fraction of sp³-hybridized carbons (Fsp3) is 0.562. The van der Waals surface area contributed by atoms with Crippen molar-refractivity contribution in [2.24, 2.45) is 17.6 Å². The van der Waals surface area contributed by atoms with E-state index in [0.29, 0.717) is 16.5 Å². The van der Waals surface area contributed by atoms with Crippen LogP contribution in [0.2, 0.25) is 5.02 Å². The summed E-state index contributed by atoms with van der Waals surface area (Å²) >= 11 is 6.29. The van der Waals surface area contributed by atoms with Crippen molar-refractivity contribution in [1.29, 1.82) is 0 Å². The molecule has 3 rings (SSSR count).